The zero-order valence-electron chi connectivity index (χ0n) is 13.7. The minimum Gasteiger partial charge on any atom is -0.476 e. The number of carboxylic acids is 1. The summed E-state index contributed by atoms with van der Waals surface area (Å²) in [4.78, 5) is 11.2. The SMILES string of the molecule is Cc1cc(S(=O)(=O)c2cc3c(cc2C)OC(C(=O)O)O3)c(C)cc1Cl. The van der Waals surface area contributed by atoms with E-state index in [0.29, 0.717) is 21.7 Å². The summed E-state index contributed by atoms with van der Waals surface area (Å²) < 4.78 is 36.5. The molecule has 25 heavy (non-hydrogen) atoms. The lowest BCUT2D eigenvalue weighted by Gasteiger charge is -2.12. The van der Waals surface area contributed by atoms with Crippen LogP contribution in [-0.2, 0) is 14.6 Å². The maximum absolute atomic E-state index is 13.1. The van der Waals surface area contributed by atoms with E-state index in [2.05, 4.69) is 0 Å². The van der Waals surface area contributed by atoms with Crippen molar-refractivity contribution >= 4 is 27.4 Å². The Labute approximate surface area is 149 Å². The molecule has 2 aromatic rings. The lowest BCUT2D eigenvalue weighted by Crippen LogP contribution is -2.28. The molecule has 132 valence electrons. The molecule has 1 aliphatic heterocycles. The summed E-state index contributed by atoms with van der Waals surface area (Å²) in [5.74, 6) is -1.00. The standard InChI is InChI=1S/C17H15ClO6S/c1-8-6-14(9(2)4-11(8)18)25(21,22)15-7-13-12(5-10(15)3)23-17(24-13)16(19)20/h4-7,17H,1-3H3,(H,19,20). The van der Waals surface area contributed by atoms with Crippen LogP contribution >= 0.6 is 11.6 Å². The molecule has 6 nitrogen and oxygen atoms in total. The summed E-state index contributed by atoms with van der Waals surface area (Å²) in [6, 6.07) is 5.89. The molecule has 0 amide bonds. The molecule has 0 radical (unpaired) electrons. The first-order valence-corrected chi connectivity index (χ1v) is 9.20. The second-order valence-corrected chi connectivity index (χ2v) is 8.13. The van der Waals surface area contributed by atoms with Gasteiger partial charge in [-0.25, -0.2) is 13.2 Å². The largest absolute Gasteiger partial charge is 0.476 e. The highest BCUT2D eigenvalue weighted by molar-refractivity contribution is 7.91. The molecule has 0 fully saturated rings. The maximum atomic E-state index is 13.1. The summed E-state index contributed by atoms with van der Waals surface area (Å²) in [6.07, 6.45) is -1.48. The smallest absolute Gasteiger partial charge is 0.387 e. The second-order valence-electron chi connectivity index (χ2n) is 5.84. The Morgan fingerprint density at radius 2 is 1.48 bits per heavy atom. The third-order valence-corrected chi connectivity index (χ3v) is 6.39. The van der Waals surface area contributed by atoms with E-state index in [1.54, 1.807) is 26.8 Å². The van der Waals surface area contributed by atoms with Crippen molar-refractivity contribution < 1.29 is 27.8 Å². The Morgan fingerprint density at radius 1 is 0.960 bits per heavy atom. The van der Waals surface area contributed by atoms with E-state index in [-0.39, 0.29) is 21.3 Å². The Hall–Kier alpha value is -2.25. The highest BCUT2D eigenvalue weighted by Crippen LogP contribution is 2.40. The van der Waals surface area contributed by atoms with Gasteiger partial charge in [-0.2, -0.15) is 0 Å². The average Bonchev–Trinajstić information content (AvgIpc) is 2.93. The Morgan fingerprint density at radius 3 is 2.08 bits per heavy atom. The molecule has 1 N–H and O–H groups in total. The third kappa shape index (κ3) is 2.94. The quantitative estimate of drug-likeness (QED) is 0.876. The van der Waals surface area contributed by atoms with Gasteiger partial charge >= 0.3 is 12.3 Å². The van der Waals surface area contributed by atoms with Gasteiger partial charge in [-0.05, 0) is 55.7 Å². The molecular weight excluding hydrogens is 368 g/mol. The molecule has 1 aliphatic rings. The Balaban J connectivity index is 2.13. The fraction of sp³-hybridized carbons (Fsp3) is 0.235. The molecule has 0 bridgehead atoms. The van der Waals surface area contributed by atoms with Gasteiger partial charge in [0.1, 0.15) is 0 Å². The molecule has 3 rings (SSSR count). The number of ether oxygens (including phenoxy) is 2. The number of fused-ring (bicyclic) bond motifs is 1. The van der Waals surface area contributed by atoms with Crippen molar-refractivity contribution in [2.75, 3.05) is 0 Å². The number of sulfone groups is 1. The van der Waals surface area contributed by atoms with Crippen LogP contribution < -0.4 is 9.47 Å². The van der Waals surface area contributed by atoms with Crippen LogP contribution in [0, 0.1) is 20.8 Å². The van der Waals surface area contributed by atoms with E-state index < -0.39 is 22.1 Å². The van der Waals surface area contributed by atoms with E-state index in [4.69, 9.17) is 26.2 Å². The third-order valence-electron chi connectivity index (χ3n) is 3.95. The molecule has 8 heteroatoms. The van der Waals surface area contributed by atoms with Crippen LogP contribution in [-0.4, -0.2) is 25.8 Å². The molecule has 0 aromatic heterocycles. The number of hydrogen-bond acceptors (Lipinski definition) is 5. The van der Waals surface area contributed by atoms with Gasteiger partial charge in [-0.3, -0.25) is 0 Å². The molecule has 2 aromatic carbocycles. The van der Waals surface area contributed by atoms with E-state index in [1.807, 2.05) is 0 Å². The molecule has 1 heterocycles. The molecule has 0 saturated carbocycles. The zero-order chi connectivity index (χ0) is 18.5. The van der Waals surface area contributed by atoms with E-state index in [1.165, 1.54) is 18.2 Å². The van der Waals surface area contributed by atoms with Crippen LogP contribution in [0.25, 0.3) is 0 Å². The number of halogens is 1. The fourth-order valence-electron chi connectivity index (χ4n) is 2.63. The number of aliphatic carboxylic acids is 1. The van der Waals surface area contributed by atoms with Crippen LogP contribution in [0.15, 0.2) is 34.1 Å². The van der Waals surface area contributed by atoms with E-state index in [0.717, 1.165) is 0 Å². The molecule has 1 atom stereocenters. The molecule has 1 unspecified atom stereocenters. The van der Waals surface area contributed by atoms with E-state index >= 15 is 0 Å². The van der Waals surface area contributed by atoms with Gasteiger partial charge in [-0.1, -0.05) is 11.6 Å². The minimum absolute atomic E-state index is 0.0331. The monoisotopic (exact) mass is 382 g/mol. The van der Waals surface area contributed by atoms with E-state index in [9.17, 15) is 13.2 Å². The van der Waals surface area contributed by atoms with Crippen molar-refractivity contribution in [2.24, 2.45) is 0 Å². The predicted octanol–water partition coefficient (Wildman–Crippen LogP) is 3.28. The van der Waals surface area contributed by atoms with Crippen molar-refractivity contribution in [2.45, 2.75) is 36.9 Å². The molecule has 0 aliphatic carbocycles. The summed E-state index contributed by atoms with van der Waals surface area (Å²) in [5, 5.41) is 9.46. The lowest BCUT2D eigenvalue weighted by atomic mass is 10.2. The molecule has 0 spiro atoms. The number of rotatable bonds is 3. The van der Waals surface area contributed by atoms with Crippen molar-refractivity contribution in [3.63, 3.8) is 0 Å². The average molecular weight is 383 g/mol. The van der Waals surface area contributed by atoms with Crippen molar-refractivity contribution in [1.82, 2.24) is 0 Å². The van der Waals surface area contributed by atoms with Crippen molar-refractivity contribution in [3.05, 3.63) is 46.0 Å². The van der Waals surface area contributed by atoms with Crippen molar-refractivity contribution in [1.29, 1.82) is 0 Å². The minimum atomic E-state index is -3.84. The molecule has 0 saturated heterocycles. The van der Waals surface area contributed by atoms with Gasteiger partial charge in [0, 0.05) is 11.1 Å². The first kappa shape index (κ1) is 17.6. The predicted molar refractivity (Wildman–Crippen MR) is 90.2 cm³/mol. The Kier molecular flexibility index (Phi) is 4.17. The Bertz CT molecular complexity index is 997. The number of aryl methyl sites for hydroxylation is 3. The molecular formula is C17H15ClO6S. The van der Waals surface area contributed by atoms with Gasteiger partial charge in [0.25, 0.3) is 0 Å². The number of carboxylic acid groups (broad SMARTS) is 1. The summed E-state index contributed by atoms with van der Waals surface area (Å²) in [5.41, 5.74) is 1.60. The summed E-state index contributed by atoms with van der Waals surface area (Å²) >= 11 is 6.05. The highest BCUT2D eigenvalue weighted by atomic mass is 35.5. The van der Waals surface area contributed by atoms with Crippen LogP contribution in [0.2, 0.25) is 5.02 Å². The van der Waals surface area contributed by atoms with Gasteiger partial charge in [0.05, 0.1) is 9.79 Å². The van der Waals surface area contributed by atoms with Gasteiger partial charge in [0.2, 0.25) is 9.84 Å². The van der Waals surface area contributed by atoms with Crippen LogP contribution in [0.3, 0.4) is 0 Å². The second kappa shape index (κ2) is 5.93. The zero-order valence-corrected chi connectivity index (χ0v) is 15.2. The fourth-order valence-corrected chi connectivity index (χ4v) is 4.65. The van der Waals surface area contributed by atoms with Crippen LogP contribution in [0.4, 0.5) is 0 Å². The van der Waals surface area contributed by atoms with Gasteiger partial charge in [-0.15, -0.1) is 0 Å². The lowest BCUT2D eigenvalue weighted by molar-refractivity contribution is -0.154. The van der Waals surface area contributed by atoms with Crippen LogP contribution in [0.1, 0.15) is 16.7 Å². The first-order valence-electron chi connectivity index (χ1n) is 7.34. The summed E-state index contributed by atoms with van der Waals surface area (Å²) in [7, 11) is -3.84. The number of hydrogen-bond donors (Lipinski definition) is 1. The topological polar surface area (TPSA) is 89.9 Å². The normalized spacial score (nSPS) is 16.1. The highest BCUT2D eigenvalue weighted by Gasteiger charge is 2.33. The van der Waals surface area contributed by atoms with Crippen LogP contribution in [0.5, 0.6) is 11.5 Å². The number of benzene rings is 2. The van der Waals surface area contributed by atoms with Gasteiger partial charge in [0.15, 0.2) is 11.5 Å². The maximum Gasteiger partial charge on any atom is 0.387 e. The summed E-state index contributed by atoms with van der Waals surface area (Å²) in [6.45, 7) is 5.01. The first-order chi connectivity index (χ1) is 11.6. The number of carbonyl (C=O) groups is 1. The van der Waals surface area contributed by atoms with Crippen molar-refractivity contribution in [3.8, 4) is 11.5 Å². The van der Waals surface area contributed by atoms with Gasteiger partial charge < -0.3 is 14.6 Å².